The highest BCUT2D eigenvalue weighted by molar-refractivity contribution is 6.00. The van der Waals surface area contributed by atoms with Crippen molar-refractivity contribution in [3.63, 3.8) is 0 Å². The Morgan fingerprint density at radius 3 is 1.41 bits per heavy atom. The third kappa shape index (κ3) is 22.8. The predicted molar refractivity (Wildman–Crippen MR) is 361 cm³/mol. The average molecular weight is 1310 g/mol. The van der Waals surface area contributed by atoms with Gasteiger partial charge in [0.15, 0.2) is 17.3 Å². The van der Waals surface area contributed by atoms with E-state index in [0.717, 1.165) is 5.69 Å². The molecule has 0 radical (unpaired) electrons. The van der Waals surface area contributed by atoms with E-state index in [0.29, 0.717) is 19.5 Å². The molecule has 1 aliphatic rings. The molecule has 0 spiro atoms. The molecule has 0 unspecified atom stereocenters. The fraction of sp³-hybridized carbons (Fsp3) is 0.800. The first-order valence-corrected chi connectivity index (χ1v) is 34.1. The van der Waals surface area contributed by atoms with Crippen LogP contribution in [0.15, 0.2) is 12.3 Å². The van der Waals surface area contributed by atoms with Crippen molar-refractivity contribution in [2.24, 2.45) is 66.2 Å². The Morgan fingerprint density at radius 2 is 0.957 bits per heavy atom. The number of rotatable bonds is 18. The molecule has 23 nitrogen and oxygen atoms in total. The van der Waals surface area contributed by atoms with Crippen molar-refractivity contribution in [3.05, 3.63) is 18.0 Å². The summed E-state index contributed by atoms with van der Waals surface area (Å²) in [5, 5.41) is 19.6. The minimum atomic E-state index is -1.53. The van der Waals surface area contributed by atoms with Gasteiger partial charge in [0.05, 0.1) is 23.9 Å². The number of hydrogen-bond donors (Lipinski definition) is 2. The first-order chi connectivity index (χ1) is 43.0. The van der Waals surface area contributed by atoms with E-state index in [2.05, 4.69) is 15.3 Å². The number of aromatic nitrogens is 2. The van der Waals surface area contributed by atoms with Crippen LogP contribution in [0.25, 0.3) is 0 Å². The van der Waals surface area contributed by atoms with E-state index in [-0.39, 0.29) is 74.4 Å². The van der Waals surface area contributed by atoms with Crippen LogP contribution in [0.3, 0.4) is 0 Å². The highest BCUT2D eigenvalue weighted by Crippen LogP contribution is 2.30. The number of ketones is 3. The van der Waals surface area contributed by atoms with Gasteiger partial charge in [0.2, 0.25) is 47.3 Å². The zero-order valence-electron chi connectivity index (χ0n) is 61.8. The maximum Gasteiger partial charge on any atom is 0.246 e. The molecule has 1 aromatic heterocycles. The number of carbonyl (C=O) groups excluding carboxylic acids is 11. The molecule has 1 saturated heterocycles. The second kappa shape index (κ2) is 37.3. The summed E-state index contributed by atoms with van der Waals surface area (Å²) >= 11 is 0. The van der Waals surface area contributed by atoms with Gasteiger partial charge in [0.25, 0.3) is 0 Å². The summed E-state index contributed by atoms with van der Waals surface area (Å²) in [5.41, 5.74) is 0.956. The number of amides is 8. The maximum atomic E-state index is 15.5. The van der Waals surface area contributed by atoms with Crippen LogP contribution in [0, 0.1) is 59.2 Å². The Kier molecular flexibility index (Phi) is 33.3. The van der Waals surface area contributed by atoms with Crippen LogP contribution in [-0.2, 0) is 66.3 Å². The minimum absolute atomic E-state index is 0.0735. The van der Waals surface area contributed by atoms with Crippen LogP contribution < -0.4 is 5.32 Å². The summed E-state index contributed by atoms with van der Waals surface area (Å²) in [6.07, 6.45) is 0.543. The number of Topliss-reactive ketones (excluding diaryl/α,β-unsaturated/α-hetero) is 3. The molecule has 2 N–H and O–H groups in total. The van der Waals surface area contributed by atoms with Gasteiger partial charge in [-0.2, -0.15) is 5.10 Å². The zero-order valence-corrected chi connectivity index (χ0v) is 61.8. The van der Waals surface area contributed by atoms with E-state index in [1.165, 1.54) is 90.6 Å². The summed E-state index contributed by atoms with van der Waals surface area (Å²) in [5.74, 6) is -11.0. The lowest BCUT2D eigenvalue weighted by atomic mass is 9.84. The monoisotopic (exact) mass is 1310 g/mol. The van der Waals surface area contributed by atoms with E-state index in [9.17, 15) is 38.7 Å². The van der Waals surface area contributed by atoms with Crippen LogP contribution in [0.2, 0.25) is 0 Å². The summed E-state index contributed by atoms with van der Waals surface area (Å²) in [6.45, 7) is 31.5. The van der Waals surface area contributed by atoms with Gasteiger partial charge in [0, 0.05) is 106 Å². The van der Waals surface area contributed by atoms with Gasteiger partial charge in [0.1, 0.15) is 36.3 Å². The number of aliphatic hydroxyl groups is 1. The fourth-order valence-electron chi connectivity index (χ4n) is 12.8. The first-order valence-electron chi connectivity index (χ1n) is 34.1. The lowest BCUT2D eigenvalue weighted by Gasteiger charge is -2.42. The van der Waals surface area contributed by atoms with Gasteiger partial charge >= 0.3 is 0 Å². The number of likely N-dealkylation sites (N-methyl/N-ethyl adjacent to an activating group) is 7. The molecule has 2 rings (SSSR count). The predicted octanol–water partition coefficient (Wildman–Crippen LogP) is 6.22. The summed E-state index contributed by atoms with van der Waals surface area (Å²) in [7, 11) is 14.1. The van der Waals surface area contributed by atoms with Gasteiger partial charge in [-0.1, -0.05) is 104 Å². The summed E-state index contributed by atoms with van der Waals surface area (Å²) in [6, 6.07) is -7.49. The molecule has 13 atom stereocenters. The highest BCUT2D eigenvalue weighted by atomic mass is 16.3. The van der Waals surface area contributed by atoms with Crippen LogP contribution in [-0.4, -0.2) is 236 Å². The molecule has 8 amide bonds. The molecule has 530 valence electrons. The first kappa shape index (κ1) is 83.0. The molecule has 1 fully saturated rings. The Balaban J connectivity index is 3.01. The van der Waals surface area contributed by atoms with Crippen molar-refractivity contribution in [2.45, 2.75) is 236 Å². The smallest absolute Gasteiger partial charge is 0.246 e. The molecular formula is C70H123N11O12. The third-order valence-electron chi connectivity index (χ3n) is 19.1. The van der Waals surface area contributed by atoms with E-state index in [1.54, 1.807) is 52.4 Å². The number of aliphatic hydroxyl groups excluding tert-OH is 1. The Morgan fingerprint density at radius 1 is 0.516 bits per heavy atom. The Bertz CT molecular complexity index is 2690. The van der Waals surface area contributed by atoms with Crippen molar-refractivity contribution in [1.29, 1.82) is 0 Å². The Labute approximate surface area is 558 Å². The quantitative estimate of drug-likeness (QED) is 0.165. The van der Waals surface area contributed by atoms with Crippen molar-refractivity contribution in [1.82, 2.24) is 54.3 Å². The number of nitrogens with one attached hydrogen (secondary N) is 1. The number of hydrogen-bond acceptors (Lipinski definition) is 14. The minimum Gasteiger partial charge on any atom is -0.390 e. The maximum absolute atomic E-state index is 15.5. The molecule has 0 bridgehead atoms. The molecule has 93 heavy (non-hydrogen) atoms. The molecule has 0 aliphatic carbocycles. The standard InChI is InChI=1S/C70H123N11O12/c1-27-50-37-59(84)61(62(85)46(14)29-31-73(18)39-51-28-30-71-81(51)26)80(25)70(93)60(45(12)13)79(24)69(92)56(35-43(8)9)78(23)68(91)55(34-42(6)7)77(22)64(87)48(16)72-63(86)47(15)36-57(82)53(32-40(2)3)76(21)67(90)52(44(10)11)38-58(83)54(33-41(4)5)75(20)65(88)49(17)74(19)66(50)89/h28,30,40-50,52-56,60-62,85H,27,29,31-39H2,1-26H3,(H,72,86)/t46-,47+,48+,49-,50+,52-,53-,54+,55-,56-,60-,61+,62-/m1/s1. The van der Waals surface area contributed by atoms with E-state index < -0.39 is 155 Å². The van der Waals surface area contributed by atoms with Crippen LogP contribution in [0.1, 0.15) is 181 Å². The van der Waals surface area contributed by atoms with Crippen molar-refractivity contribution < 1.29 is 57.8 Å². The second-order valence-electron chi connectivity index (χ2n) is 29.6. The molecule has 23 heteroatoms. The van der Waals surface area contributed by atoms with Crippen molar-refractivity contribution >= 4 is 64.6 Å². The van der Waals surface area contributed by atoms with Gasteiger partial charge in [-0.25, -0.2) is 0 Å². The van der Waals surface area contributed by atoms with Crippen LogP contribution in [0.5, 0.6) is 0 Å². The van der Waals surface area contributed by atoms with E-state index in [4.69, 9.17) is 0 Å². The van der Waals surface area contributed by atoms with Crippen molar-refractivity contribution in [3.8, 4) is 0 Å². The average Bonchev–Trinajstić information content (AvgIpc) is 1.22. The lowest BCUT2D eigenvalue weighted by Crippen LogP contribution is -2.62. The van der Waals surface area contributed by atoms with Gasteiger partial charge < -0.3 is 49.6 Å². The third-order valence-corrected chi connectivity index (χ3v) is 19.1. The molecule has 1 aromatic rings. The summed E-state index contributed by atoms with van der Waals surface area (Å²) < 4.78 is 1.77. The largest absolute Gasteiger partial charge is 0.390 e. The fourth-order valence-corrected chi connectivity index (χ4v) is 12.8. The molecule has 0 aromatic carbocycles. The molecule has 0 saturated carbocycles. The number of nitrogens with zero attached hydrogens (tertiary/aromatic N) is 10. The lowest BCUT2D eigenvalue weighted by molar-refractivity contribution is -0.157. The van der Waals surface area contributed by atoms with Gasteiger partial charge in [-0.3, -0.25) is 57.4 Å². The normalized spacial score (nSPS) is 26.7. The van der Waals surface area contributed by atoms with E-state index in [1.807, 2.05) is 89.4 Å². The van der Waals surface area contributed by atoms with Crippen LogP contribution >= 0.6 is 0 Å². The second-order valence-corrected chi connectivity index (χ2v) is 29.6. The van der Waals surface area contributed by atoms with Crippen molar-refractivity contribution in [2.75, 3.05) is 62.9 Å². The zero-order chi connectivity index (χ0) is 71.7. The number of aryl methyl sites for hydroxylation is 1. The van der Waals surface area contributed by atoms with Crippen LogP contribution in [0.4, 0.5) is 0 Å². The van der Waals surface area contributed by atoms with E-state index >= 15 is 19.2 Å². The SMILES string of the molecule is CC[C@H]1CC(=O)[C@@H]([C@H](O)[C@H](C)CCN(C)Cc2ccnn2C)N(C)C(=O)[C@@H](C(C)C)N(C)C(=O)[C@@H](CC(C)C)N(C)C(=O)[C@@H](CC(C)C)N(C)C(=O)[C@H](C)NC(=O)[C@@H](C)CC(=O)[C@@H](CC(C)C)N(C)C(=O)[C@@H](C(C)C)CC(=O)[C@H](CC(C)C)N(C)C(=O)[C@@H](C)N(C)C1=O. The molecular weight excluding hydrogens is 1190 g/mol. The summed E-state index contributed by atoms with van der Waals surface area (Å²) in [4.78, 5) is 174. The topological polar surface area (TPSA) is 264 Å². The molecule has 1 aliphatic heterocycles. The number of carbonyl (C=O) groups is 11. The Hall–Kier alpha value is -6.10. The van der Waals surface area contributed by atoms with Gasteiger partial charge in [-0.15, -0.1) is 0 Å². The molecule has 2 heterocycles. The highest BCUT2D eigenvalue weighted by Gasteiger charge is 2.46. The van der Waals surface area contributed by atoms with Gasteiger partial charge in [-0.05, 0) is 113 Å².